The van der Waals surface area contributed by atoms with Crippen molar-refractivity contribution in [1.29, 1.82) is 0 Å². The first-order chi connectivity index (χ1) is 7.75. The zero-order valence-electron chi connectivity index (χ0n) is 9.78. The molecule has 0 radical (unpaired) electrons. The van der Waals surface area contributed by atoms with Crippen molar-refractivity contribution < 1.29 is 0 Å². The zero-order valence-corrected chi connectivity index (χ0v) is 9.78. The molecule has 5 aliphatic rings. The molecule has 4 bridgehead atoms. The molecular weight excluding hydrogens is 198 g/mol. The van der Waals surface area contributed by atoms with Gasteiger partial charge in [0, 0.05) is 6.54 Å². The topological polar surface area (TPSA) is 41.3 Å². The number of hydrazine groups is 1. The van der Waals surface area contributed by atoms with Crippen LogP contribution in [0, 0.1) is 17.8 Å². The third-order valence-electron chi connectivity index (χ3n) is 5.30. The van der Waals surface area contributed by atoms with Crippen LogP contribution in [0.3, 0.4) is 0 Å². The number of nitrogens with one attached hydrogen (secondary N) is 1. The normalized spacial score (nSPS) is 49.9. The number of nitrogens with zero attached hydrogens (tertiary/aromatic N) is 1. The van der Waals surface area contributed by atoms with E-state index in [9.17, 15) is 0 Å². The van der Waals surface area contributed by atoms with Crippen LogP contribution >= 0.6 is 0 Å². The third kappa shape index (κ3) is 1.12. The Bertz CT molecular complexity index is 312. The van der Waals surface area contributed by atoms with Gasteiger partial charge in [0.2, 0.25) is 0 Å². The molecular formula is C13H21N3. The molecule has 4 saturated carbocycles. The molecule has 0 amide bonds. The van der Waals surface area contributed by atoms with Gasteiger partial charge in [0.05, 0.1) is 5.54 Å². The molecule has 3 heteroatoms. The van der Waals surface area contributed by atoms with Crippen LogP contribution in [0.25, 0.3) is 0 Å². The number of hydrogen-bond acceptors (Lipinski definition) is 3. The van der Waals surface area contributed by atoms with Gasteiger partial charge in [-0.05, 0) is 62.4 Å². The molecule has 1 heterocycles. The van der Waals surface area contributed by atoms with E-state index in [0.29, 0.717) is 5.54 Å². The molecule has 0 unspecified atom stereocenters. The number of hydrogen-bond donors (Lipinski definition) is 2. The average Bonchev–Trinajstić information content (AvgIpc) is 2.62. The van der Waals surface area contributed by atoms with Gasteiger partial charge in [0.15, 0.2) is 0 Å². The SMILES string of the molecule is NC1=CCNN1C12CC3CC(CC(C3)C1)C2. The molecule has 5 rings (SSSR count). The van der Waals surface area contributed by atoms with Gasteiger partial charge in [-0.15, -0.1) is 0 Å². The monoisotopic (exact) mass is 219 g/mol. The van der Waals surface area contributed by atoms with Crippen LogP contribution in [0.5, 0.6) is 0 Å². The predicted molar refractivity (Wildman–Crippen MR) is 63.0 cm³/mol. The highest BCUT2D eigenvalue weighted by atomic mass is 15.6. The molecule has 1 aliphatic heterocycles. The van der Waals surface area contributed by atoms with E-state index in [4.69, 9.17) is 5.73 Å². The van der Waals surface area contributed by atoms with Crippen LogP contribution in [0.4, 0.5) is 0 Å². The fourth-order valence-corrected chi connectivity index (χ4v) is 5.20. The van der Waals surface area contributed by atoms with E-state index in [2.05, 4.69) is 16.5 Å². The molecule has 16 heavy (non-hydrogen) atoms. The first-order valence-electron chi connectivity index (χ1n) is 6.74. The summed E-state index contributed by atoms with van der Waals surface area (Å²) < 4.78 is 0. The Kier molecular flexibility index (Phi) is 1.72. The van der Waals surface area contributed by atoms with E-state index in [1.165, 1.54) is 38.5 Å². The van der Waals surface area contributed by atoms with Crippen molar-refractivity contribution in [2.75, 3.05) is 6.54 Å². The minimum atomic E-state index is 0.381. The molecule has 0 spiro atoms. The van der Waals surface area contributed by atoms with Crippen molar-refractivity contribution in [1.82, 2.24) is 10.4 Å². The molecule has 3 N–H and O–H groups in total. The van der Waals surface area contributed by atoms with Crippen LogP contribution in [0.15, 0.2) is 11.9 Å². The Morgan fingerprint density at radius 1 is 1.12 bits per heavy atom. The second-order valence-corrected chi connectivity index (χ2v) is 6.47. The van der Waals surface area contributed by atoms with Gasteiger partial charge in [-0.3, -0.25) is 5.01 Å². The Balaban J connectivity index is 1.69. The summed E-state index contributed by atoms with van der Waals surface area (Å²) in [6, 6.07) is 0. The zero-order chi connectivity index (χ0) is 10.8. The van der Waals surface area contributed by atoms with E-state index in [1.54, 1.807) is 0 Å². The smallest absolute Gasteiger partial charge is 0.111 e. The van der Waals surface area contributed by atoms with Crippen molar-refractivity contribution in [3.05, 3.63) is 11.9 Å². The maximum atomic E-state index is 6.12. The summed E-state index contributed by atoms with van der Waals surface area (Å²) in [5.41, 5.74) is 9.98. The van der Waals surface area contributed by atoms with Crippen LogP contribution in [-0.2, 0) is 0 Å². The van der Waals surface area contributed by atoms with E-state index < -0.39 is 0 Å². The van der Waals surface area contributed by atoms with Crippen molar-refractivity contribution in [2.45, 2.75) is 44.1 Å². The summed E-state index contributed by atoms with van der Waals surface area (Å²) in [4.78, 5) is 0. The Morgan fingerprint density at radius 3 is 2.12 bits per heavy atom. The molecule has 0 saturated heterocycles. The summed E-state index contributed by atoms with van der Waals surface area (Å²) in [5.74, 6) is 3.94. The van der Waals surface area contributed by atoms with Crippen LogP contribution in [-0.4, -0.2) is 17.1 Å². The first kappa shape index (κ1) is 9.34. The lowest BCUT2D eigenvalue weighted by Crippen LogP contribution is -2.62. The highest BCUT2D eigenvalue weighted by Gasteiger charge is 2.54. The highest BCUT2D eigenvalue weighted by molar-refractivity contribution is 5.14. The van der Waals surface area contributed by atoms with Gasteiger partial charge in [-0.25, -0.2) is 5.43 Å². The first-order valence-corrected chi connectivity index (χ1v) is 6.74. The summed E-state index contributed by atoms with van der Waals surface area (Å²) in [7, 11) is 0. The lowest BCUT2D eigenvalue weighted by atomic mass is 9.53. The average molecular weight is 219 g/mol. The van der Waals surface area contributed by atoms with Gasteiger partial charge in [0.25, 0.3) is 0 Å². The Labute approximate surface area is 97.0 Å². The van der Waals surface area contributed by atoms with Gasteiger partial charge >= 0.3 is 0 Å². The molecule has 0 atom stereocenters. The summed E-state index contributed by atoms with van der Waals surface area (Å²) in [6.07, 6.45) is 10.7. The second kappa shape index (κ2) is 2.95. The quantitative estimate of drug-likeness (QED) is 0.703. The standard InChI is InChI=1S/C13H21N3/c14-12-1-2-15-16(12)13-6-9-3-10(7-13)5-11(4-9)8-13/h1,9-11,15H,2-8,14H2. The number of nitrogens with two attached hydrogens (primary N) is 1. The fraction of sp³-hybridized carbons (Fsp3) is 0.846. The lowest BCUT2D eigenvalue weighted by molar-refractivity contribution is -0.0889. The second-order valence-electron chi connectivity index (χ2n) is 6.47. The van der Waals surface area contributed by atoms with E-state index >= 15 is 0 Å². The molecule has 0 aromatic rings. The van der Waals surface area contributed by atoms with E-state index in [-0.39, 0.29) is 0 Å². The fourth-order valence-electron chi connectivity index (χ4n) is 5.20. The maximum Gasteiger partial charge on any atom is 0.111 e. The maximum absolute atomic E-state index is 6.12. The van der Waals surface area contributed by atoms with Crippen LogP contribution < -0.4 is 11.2 Å². The summed E-state index contributed by atoms with van der Waals surface area (Å²) in [5, 5.41) is 2.33. The van der Waals surface area contributed by atoms with E-state index in [1.807, 2.05) is 0 Å². The summed E-state index contributed by atoms with van der Waals surface area (Å²) in [6.45, 7) is 0.924. The van der Waals surface area contributed by atoms with Gasteiger partial charge < -0.3 is 5.73 Å². The van der Waals surface area contributed by atoms with Crippen molar-refractivity contribution >= 4 is 0 Å². The molecule has 3 nitrogen and oxygen atoms in total. The molecule has 0 aromatic heterocycles. The Hall–Kier alpha value is -0.700. The molecule has 0 aromatic carbocycles. The largest absolute Gasteiger partial charge is 0.385 e. The van der Waals surface area contributed by atoms with Gasteiger partial charge in [-0.2, -0.15) is 0 Å². The summed E-state index contributed by atoms with van der Waals surface area (Å²) >= 11 is 0. The van der Waals surface area contributed by atoms with Crippen molar-refractivity contribution in [2.24, 2.45) is 23.5 Å². The Morgan fingerprint density at radius 2 is 1.69 bits per heavy atom. The molecule has 4 fully saturated rings. The van der Waals surface area contributed by atoms with Gasteiger partial charge in [0.1, 0.15) is 5.82 Å². The predicted octanol–water partition coefficient (Wildman–Crippen LogP) is 1.58. The van der Waals surface area contributed by atoms with Crippen molar-refractivity contribution in [3.63, 3.8) is 0 Å². The molecule has 4 aliphatic carbocycles. The van der Waals surface area contributed by atoms with Gasteiger partial charge in [-0.1, -0.05) is 0 Å². The lowest BCUT2D eigenvalue weighted by Gasteiger charge is -2.60. The minimum absolute atomic E-state index is 0.381. The van der Waals surface area contributed by atoms with Crippen LogP contribution in [0.1, 0.15) is 38.5 Å². The highest BCUT2D eigenvalue weighted by Crippen LogP contribution is 2.57. The van der Waals surface area contributed by atoms with E-state index in [0.717, 1.165) is 30.1 Å². The van der Waals surface area contributed by atoms with Crippen LogP contribution in [0.2, 0.25) is 0 Å². The number of rotatable bonds is 1. The third-order valence-corrected chi connectivity index (χ3v) is 5.30. The molecule has 88 valence electrons. The minimum Gasteiger partial charge on any atom is -0.385 e. The van der Waals surface area contributed by atoms with Crippen molar-refractivity contribution in [3.8, 4) is 0 Å².